The highest BCUT2D eigenvalue weighted by molar-refractivity contribution is 5.12. The molecule has 0 radical (unpaired) electrons. The minimum Gasteiger partial charge on any atom is -0.465 e. The second kappa shape index (κ2) is 4.39. The van der Waals surface area contributed by atoms with Crippen molar-refractivity contribution >= 4 is 0 Å². The Morgan fingerprint density at radius 2 is 2.22 bits per heavy atom. The van der Waals surface area contributed by atoms with Crippen molar-refractivity contribution in [3.63, 3.8) is 0 Å². The van der Waals surface area contributed by atoms with Gasteiger partial charge in [-0.3, -0.25) is 0 Å². The number of hydrogen-bond acceptors (Lipinski definition) is 3. The van der Waals surface area contributed by atoms with Gasteiger partial charge in [-0.05, 0) is 31.9 Å². The average molecular weight is 249 g/mol. The van der Waals surface area contributed by atoms with E-state index in [-0.39, 0.29) is 5.41 Å². The highest BCUT2D eigenvalue weighted by Gasteiger charge is 2.57. The van der Waals surface area contributed by atoms with Gasteiger partial charge >= 0.3 is 0 Å². The molecular formula is C15H23NO2. The Morgan fingerprint density at radius 3 is 2.94 bits per heavy atom. The Morgan fingerprint density at radius 1 is 1.39 bits per heavy atom. The van der Waals surface area contributed by atoms with Crippen LogP contribution in [0.25, 0.3) is 0 Å². The molecule has 2 aliphatic rings. The van der Waals surface area contributed by atoms with E-state index in [4.69, 9.17) is 9.15 Å². The topological polar surface area (TPSA) is 34.4 Å². The average Bonchev–Trinajstić information content (AvgIpc) is 2.75. The van der Waals surface area contributed by atoms with Crippen LogP contribution in [0.2, 0.25) is 0 Å². The van der Waals surface area contributed by atoms with Crippen LogP contribution in [0.15, 0.2) is 16.5 Å². The van der Waals surface area contributed by atoms with Gasteiger partial charge in [0.15, 0.2) is 0 Å². The molecule has 3 heteroatoms. The van der Waals surface area contributed by atoms with Crippen LogP contribution in [0.1, 0.15) is 38.2 Å². The van der Waals surface area contributed by atoms with Crippen LogP contribution in [0.5, 0.6) is 0 Å². The summed E-state index contributed by atoms with van der Waals surface area (Å²) in [5.74, 6) is 2.70. The third-order valence-corrected chi connectivity index (χ3v) is 4.62. The molecule has 0 spiro atoms. The summed E-state index contributed by atoms with van der Waals surface area (Å²) in [7, 11) is 0. The van der Waals surface area contributed by atoms with Gasteiger partial charge in [0.25, 0.3) is 0 Å². The fourth-order valence-electron chi connectivity index (χ4n) is 3.73. The van der Waals surface area contributed by atoms with Crippen molar-refractivity contribution in [2.24, 2.45) is 11.3 Å². The minimum absolute atomic E-state index is 0.243. The van der Waals surface area contributed by atoms with E-state index in [2.05, 4.69) is 25.2 Å². The Bertz CT molecular complexity index is 424. The SMILES string of the molecule is Cc1ccc(CNC2C3CCCOC3C2(C)C)o1. The third-order valence-electron chi connectivity index (χ3n) is 4.62. The van der Waals surface area contributed by atoms with Crippen LogP contribution < -0.4 is 5.32 Å². The summed E-state index contributed by atoms with van der Waals surface area (Å²) in [5, 5.41) is 3.66. The van der Waals surface area contributed by atoms with Crippen molar-refractivity contribution in [1.29, 1.82) is 0 Å². The van der Waals surface area contributed by atoms with Crippen LogP contribution in [0.4, 0.5) is 0 Å². The monoisotopic (exact) mass is 249 g/mol. The van der Waals surface area contributed by atoms with Gasteiger partial charge in [-0.25, -0.2) is 0 Å². The number of rotatable bonds is 3. The Kier molecular flexibility index (Phi) is 2.99. The summed E-state index contributed by atoms with van der Waals surface area (Å²) in [6, 6.07) is 4.63. The molecule has 0 bridgehead atoms. The van der Waals surface area contributed by atoms with Gasteiger partial charge in [-0.15, -0.1) is 0 Å². The molecule has 1 aliphatic carbocycles. The molecule has 2 heterocycles. The molecule has 3 nitrogen and oxygen atoms in total. The van der Waals surface area contributed by atoms with E-state index in [1.165, 1.54) is 12.8 Å². The number of ether oxygens (including phenoxy) is 1. The molecule has 100 valence electrons. The molecular weight excluding hydrogens is 226 g/mol. The normalized spacial score (nSPS) is 33.8. The first kappa shape index (κ1) is 12.2. The van der Waals surface area contributed by atoms with Crippen molar-refractivity contribution < 1.29 is 9.15 Å². The van der Waals surface area contributed by atoms with Crippen LogP contribution >= 0.6 is 0 Å². The third kappa shape index (κ3) is 1.90. The van der Waals surface area contributed by atoms with Gasteiger partial charge < -0.3 is 14.5 Å². The number of furan rings is 1. The summed E-state index contributed by atoms with van der Waals surface area (Å²) in [6.45, 7) is 8.37. The van der Waals surface area contributed by atoms with E-state index in [0.29, 0.717) is 18.1 Å². The van der Waals surface area contributed by atoms with E-state index in [1.807, 2.05) is 13.0 Å². The molecule has 18 heavy (non-hydrogen) atoms. The van der Waals surface area contributed by atoms with Crippen molar-refractivity contribution in [3.05, 3.63) is 23.7 Å². The van der Waals surface area contributed by atoms with E-state index in [1.54, 1.807) is 0 Å². The molecule has 3 rings (SSSR count). The van der Waals surface area contributed by atoms with Crippen LogP contribution in [-0.2, 0) is 11.3 Å². The maximum atomic E-state index is 5.92. The molecule has 1 aromatic rings. The summed E-state index contributed by atoms with van der Waals surface area (Å²) in [5.41, 5.74) is 0.243. The first-order valence-corrected chi connectivity index (χ1v) is 6.99. The van der Waals surface area contributed by atoms with Crippen molar-refractivity contribution in [1.82, 2.24) is 5.32 Å². The number of nitrogens with one attached hydrogen (secondary N) is 1. The second-order valence-electron chi connectivity index (χ2n) is 6.29. The highest BCUT2D eigenvalue weighted by Crippen LogP contribution is 2.51. The lowest BCUT2D eigenvalue weighted by atomic mass is 9.55. The maximum absolute atomic E-state index is 5.92. The lowest BCUT2D eigenvalue weighted by Crippen LogP contribution is -2.69. The predicted molar refractivity (Wildman–Crippen MR) is 70.3 cm³/mol. The lowest BCUT2D eigenvalue weighted by Gasteiger charge is -2.60. The van der Waals surface area contributed by atoms with Crippen molar-refractivity contribution in [2.45, 2.75) is 52.3 Å². The lowest BCUT2D eigenvalue weighted by molar-refractivity contribution is -0.193. The molecule has 2 fully saturated rings. The molecule has 3 atom stereocenters. The van der Waals surface area contributed by atoms with Gasteiger partial charge in [-0.2, -0.15) is 0 Å². The van der Waals surface area contributed by atoms with Crippen molar-refractivity contribution in [2.75, 3.05) is 6.61 Å². The summed E-state index contributed by atoms with van der Waals surface area (Å²) < 4.78 is 11.5. The Labute approximate surface area is 109 Å². The highest BCUT2D eigenvalue weighted by atomic mass is 16.5. The first-order chi connectivity index (χ1) is 8.59. The number of fused-ring (bicyclic) bond motifs is 1. The fourth-order valence-corrected chi connectivity index (χ4v) is 3.73. The van der Waals surface area contributed by atoms with Crippen LogP contribution in [-0.4, -0.2) is 18.8 Å². The molecule has 0 amide bonds. The molecule has 0 aromatic carbocycles. The largest absolute Gasteiger partial charge is 0.465 e. The predicted octanol–water partition coefficient (Wildman–Crippen LogP) is 2.88. The minimum atomic E-state index is 0.243. The van der Waals surface area contributed by atoms with E-state index in [0.717, 1.165) is 24.7 Å². The zero-order chi connectivity index (χ0) is 12.8. The Hall–Kier alpha value is -0.800. The molecule has 1 aromatic heterocycles. The van der Waals surface area contributed by atoms with Gasteiger partial charge in [0.05, 0.1) is 12.6 Å². The Balaban J connectivity index is 1.62. The van der Waals surface area contributed by atoms with Gasteiger partial charge in [0.2, 0.25) is 0 Å². The van der Waals surface area contributed by atoms with Gasteiger partial charge in [0, 0.05) is 24.0 Å². The fraction of sp³-hybridized carbons (Fsp3) is 0.733. The molecule has 3 unspecified atom stereocenters. The number of hydrogen-bond donors (Lipinski definition) is 1. The summed E-state index contributed by atoms with van der Waals surface area (Å²) in [4.78, 5) is 0. The molecule has 1 N–H and O–H groups in total. The second-order valence-corrected chi connectivity index (χ2v) is 6.29. The maximum Gasteiger partial charge on any atom is 0.117 e. The summed E-state index contributed by atoms with van der Waals surface area (Å²) in [6.07, 6.45) is 2.94. The standard InChI is InChI=1S/C15H23NO2/c1-10-6-7-11(18-10)9-16-13-12-5-4-8-17-14(12)15(13,2)3/h6-7,12-14,16H,4-5,8-9H2,1-3H3. The molecule has 1 saturated carbocycles. The molecule has 1 aliphatic heterocycles. The van der Waals surface area contributed by atoms with Gasteiger partial charge in [-0.1, -0.05) is 13.8 Å². The van der Waals surface area contributed by atoms with E-state index < -0.39 is 0 Å². The van der Waals surface area contributed by atoms with Crippen LogP contribution in [0, 0.1) is 18.3 Å². The zero-order valence-electron chi connectivity index (χ0n) is 11.5. The van der Waals surface area contributed by atoms with Gasteiger partial charge in [0.1, 0.15) is 11.5 Å². The molecule has 1 saturated heterocycles. The first-order valence-electron chi connectivity index (χ1n) is 6.99. The number of aryl methyl sites for hydroxylation is 1. The summed E-state index contributed by atoms with van der Waals surface area (Å²) >= 11 is 0. The van der Waals surface area contributed by atoms with Crippen molar-refractivity contribution in [3.8, 4) is 0 Å². The smallest absolute Gasteiger partial charge is 0.117 e. The quantitative estimate of drug-likeness (QED) is 0.894. The van der Waals surface area contributed by atoms with E-state index in [9.17, 15) is 0 Å². The van der Waals surface area contributed by atoms with Crippen LogP contribution in [0.3, 0.4) is 0 Å². The van der Waals surface area contributed by atoms with E-state index >= 15 is 0 Å². The zero-order valence-corrected chi connectivity index (χ0v) is 11.5.